The van der Waals surface area contributed by atoms with Crippen LogP contribution < -0.4 is 4.90 Å². The lowest BCUT2D eigenvalue weighted by Gasteiger charge is -2.45. The Morgan fingerprint density at radius 3 is 2.19 bits per heavy atom. The number of anilines is 1. The van der Waals surface area contributed by atoms with Crippen LogP contribution >= 0.6 is 0 Å². The Bertz CT molecular complexity index is 833. The first kappa shape index (κ1) is 22.8. The molecule has 0 aliphatic carbocycles. The van der Waals surface area contributed by atoms with Crippen LogP contribution in [0.25, 0.3) is 0 Å². The summed E-state index contributed by atoms with van der Waals surface area (Å²) in [5.74, 6) is -0.395. The lowest BCUT2D eigenvalue weighted by atomic mass is 9.85. The van der Waals surface area contributed by atoms with Gasteiger partial charge >= 0.3 is 12.1 Å². The number of piperidine rings is 1. The molecule has 0 spiro atoms. The topological polar surface area (TPSA) is 59.1 Å². The van der Waals surface area contributed by atoms with Crippen LogP contribution in [0.1, 0.15) is 31.7 Å². The van der Waals surface area contributed by atoms with E-state index in [9.17, 15) is 9.59 Å². The minimum absolute atomic E-state index is 0.241. The van der Waals surface area contributed by atoms with Crippen molar-refractivity contribution in [2.45, 2.75) is 38.1 Å². The molecule has 0 radical (unpaired) electrons. The molecule has 0 saturated carbocycles. The number of aryl methyl sites for hydroxylation is 1. The van der Waals surface area contributed by atoms with Gasteiger partial charge in [-0.3, -0.25) is 4.90 Å². The van der Waals surface area contributed by atoms with Gasteiger partial charge in [-0.2, -0.15) is 0 Å². The van der Waals surface area contributed by atoms with Crippen LogP contribution in [-0.4, -0.2) is 55.9 Å². The standard InChI is InChI=1S/C25H32N2O4/c1-3-31-24(29)27(22-14-8-5-9-15-22)25(23(28)30-2)16-19-26(20-17-25)18-10-13-21-11-6-4-7-12-21/h4-9,11-12,14-15H,3,10,13,16-20H2,1-2H3. The molecular weight excluding hydrogens is 392 g/mol. The number of methoxy groups -OCH3 is 1. The second-order valence-electron chi connectivity index (χ2n) is 7.82. The lowest BCUT2D eigenvalue weighted by molar-refractivity contribution is -0.149. The molecule has 31 heavy (non-hydrogen) atoms. The number of esters is 1. The Hall–Kier alpha value is -2.86. The van der Waals surface area contributed by atoms with Gasteiger partial charge < -0.3 is 14.4 Å². The molecule has 1 aliphatic heterocycles. The molecule has 6 nitrogen and oxygen atoms in total. The van der Waals surface area contributed by atoms with Crippen molar-refractivity contribution in [3.05, 3.63) is 66.2 Å². The number of carbonyl (C=O) groups excluding carboxylic acids is 2. The zero-order chi connectivity index (χ0) is 22.1. The lowest BCUT2D eigenvalue weighted by Crippen LogP contribution is -2.63. The van der Waals surface area contributed by atoms with Gasteiger partial charge in [0.05, 0.1) is 13.7 Å². The largest absolute Gasteiger partial charge is 0.467 e. The van der Waals surface area contributed by atoms with Crippen molar-refractivity contribution in [2.24, 2.45) is 0 Å². The molecule has 0 unspecified atom stereocenters. The van der Waals surface area contributed by atoms with Crippen molar-refractivity contribution in [2.75, 3.05) is 38.3 Å². The van der Waals surface area contributed by atoms with Crippen LogP contribution in [0.2, 0.25) is 0 Å². The zero-order valence-corrected chi connectivity index (χ0v) is 18.5. The van der Waals surface area contributed by atoms with Crippen LogP contribution in [0, 0.1) is 0 Å². The van der Waals surface area contributed by atoms with Gasteiger partial charge in [0.25, 0.3) is 0 Å². The SMILES string of the molecule is CCOC(=O)N(c1ccccc1)C1(C(=O)OC)CCN(CCCc2ccccc2)CC1. The summed E-state index contributed by atoms with van der Waals surface area (Å²) in [6.07, 6.45) is 2.56. The van der Waals surface area contributed by atoms with Gasteiger partial charge in [-0.25, -0.2) is 9.59 Å². The molecule has 0 aromatic heterocycles. The maximum atomic E-state index is 13.0. The molecule has 1 fully saturated rings. The van der Waals surface area contributed by atoms with Crippen LogP contribution in [-0.2, 0) is 20.7 Å². The minimum Gasteiger partial charge on any atom is -0.467 e. The van der Waals surface area contributed by atoms with Crippen LogP contribution in [0.15, 0.2) is 60.7 Å². The van der Waals surface area contributed by atoms with E-state index in [1.54, 1.807) is 6.92 Å². The predicted molar refractivity (Wildman–Crippen MR) is 121 cm³/mol. The second kappa shape index (κ2) is 11.0. The molecular formula is C25H32N2O4. The Morgan fingerprint density at radius 1 is 1.00 bits per heavy atom. The first-order chi connectivity index (χ1) is 15.1. The van der Waals surface area contributed by atoms with Crippen LogP contribution in [0.5, 0.6) is 0 Å². The molecule has 3 rings (SSSR count). The highest BCUT2D eigenvalue weighted by Crippen LogP contribution is 2.35. The van der Waals surface area contributed by atoms with Gasteiger partial charge in [0.15, 0.2) is 5.54 Å². The molecule has 2 aromatic rings. The fourth-order valence-electron chi connectivity index (χ4n) is 4.30. The van der Waals surface area contributed by atoms with E-state index in [1.807, 2.05) is 36.4 Å². The monoisotopic (exact) mass is 424 g/mol. The van der Waals surface area contributed by atoms with Crippen molar-refractivity contribution < 1.29 is 19.1 Å². The molecule has 0 bridgehead atoms. The number of hydrogen-bond acceptors (Lipinski definition) is 5. The van der Waals surface area contributed by atoms with Gasteiger partial charge in [0.1, 0.15) is 0 Å². The molecule has 166 valence electrons. The maximum absolute atomic E-state index is 13.0. The zero-order valence-electron chi connectivity index (χ0n) is 18.5. The summed E-state index contributed by atoms with van der Waals surface area (Å²) < 4.78 is 10.5. The van der Waals surface area contributed by atoms with Crippen molar-refractivity contribution in [3.8, 4) is 0 Å². The van der Waals surface area contributed by atoms with Crippen molar-refractivity contribution in [3.63, 3.8) is 0 Å². The van der Waals surface area contributed by atoms with Gasteiger partial charge in [0.2, 0.25) is 0 Å². The van der Waals surface area contributed by atoms with Crippen molar-refractivity contribution >= 4 is 17.7 Å². The van der Waals surface area contributed by atoms with Gasteiger partial charge in [-0.15, -0.1) is 0 Å². The summed E-state index contributed by atoms with van der Waals surface area (Å²) in [5.41, 5.74) is 0.906. The van der Waals surface area contributed by atoms with E-state index in [0.29, 0.717) is 31.6 Å². The smallest absolute Gasteiger partial charge is 0.415 e. The molecule has 1 heterocycles. The highest BCUT2D eigenvalue weighted by Gasteiger charge is 2.50. The maximum Gasteiger partial charge on any atom is 0.415 e. The Morgan fingerprint density at radius 2 is 1.61 bits per heavy atom. The molecule has 6 heteroatoms. The number of para-hydroxylation sites is 1. The van der Waals surface area contributed by atoms with E-state index in [2.05, 4.69) is 29.2 Å². The van der Waals surface area contributed by atoms with Crippen LogP contribution in [0.4, 0.5) is 10.5 Å². The first-order valence-electron chi connectivity index (χ1n) is 11.0. The van der Waals surface area contributed by atoms with E-state index >= 15 is 0 Å². The van der Waals surface area contributed by atoms with E-state index in [1.165, 1.54) is 17.6 Å². The number of amides is 1. The third-order valence-corrected chi connectivity index (χ3v) is 5.92. The molecule has 0 atom stereocenters. The Labute approximate surface area is 184 Å². The highest BCUT2D eigenvalue weighted by molar-refractivity contribution is 5.99. The van der Waals surface area contributed by atoms with E-state index in [0.717, 1.165) is 19.4 Å². The summed E-state index contributed by atoms with van der Waals surface area (Å²) >= 11 is 0. The Kier molecular flexibility index (Phi) is 8.06. The third kappa shape index (κ3) is 5.44. The second-order valence-corrected chi connectivity index (χ2v) is 7.82. The van der Waals surface area contributed by atoms with Crippen molar-refractivity contribution in [1.82, 2.24) is 4.90 Å². The van der Waals surface area contributed by atoms with Gasteiger partial charge in [-0.05, 0) is 56.8 Å². The number of carbonyl (C=O) groups is 2. The first-order valence-corrected chi connectivity index (χ1v) is 11.0. The molecule has 1 aliphatic rings. The molecule has 1 saturated heterocycles. The van der Waals surface area contributed by atoms with E-state index in [-0.39, 0.29) is 6.61 Å². The average molecular weight is 425 g/mol. The van der Waals surface area contributed by atoms with Crippen LogP contribution in [0.3, 0.4) is 0 Å². The summed E-state index contributed by atoms with van der Waals surface area (Å²) in [6, 6.07) is 19.7. The molecule has 2 aromatic carbocycles. The fourth-order valence-corrected chi connectivity index (χ4v) is 4.30. The normalized spacial score (nSPS) is 15.8. The highest BCUT2D eigenvalue weighted by atomic mass is 16.6. The number of nitrogens with zero attached hydrogens (tertiary/aromatic N) is 2. The summed E-state index contributed by atoms with van der Waals surface area (Å²) in [5, 5.41) is 0. The number of rotatable bonds is 8. The summed E-state index contributed by atoms with van der Waals surface area (Å²) in [7, 11) is 1.38. The van der Waals surface area contributed by atoms with Crippen molar-refractivity contribution in [1.29, 1.82) is 0 Å². The number of hydrogen-bond donors (Lipinski definition) is 0. The fraction of sp³-hybridized carbons (Fsp3) is 0.440. The number of ether oxygens (including phenoxy) is 2. The Balaban J connectivity index is 1.73. The molecule has 1 amide bonds. The van der Waals surface area contributed by atoms with Gasteiger partial charge in [0, 0.05) is 18.8 Å². The molecule has 0 N–H and O–H groups in total. The predicted octanol–water partition coefficient (Wildman–Crippen LogP) is 4.29. The number of benzene rings is 2. The number of likely N-dealkylation sites (tertiary alicyclic amines) is 1. The third-order valence-electron chi connectivity index (χ3n) is 5.92. The van der Waals surface area contributed by atoms with E-state index < -0.39 is 17.6 Å². The average Bonchev–Trinajstić information content (AvgIpc) is 2.81. The van der Waals surface area contributed by atoms with E-state index in [4.69, 9.17) is 9.47 Å². The summed E-state index contributed by atoms with van der Waals surface area (Å²) in [6.45, 7) is 4.39. The van der Waals surface area contributed by atoms with Gasteiger partial charge in [-0.1, -0.05) is 48.5 Å². The quantitative estimate of drug-likeness (QED) is 0.592. The minimum atomic E-state index is -1.07. The summed E-state index contributed by atoms with van der Waals surface area (Å²) in [4.78, 5) is 29.9.